The molecule has 3 rings (SSSR count). The molecule has 0 radical (unpaired) electrons. The molecule has 0 bridgehead atoms. The summed E-state index contributed by atoms with van der Waals surface area (Å²) in [6.07, 6.45) is 3.69. The molecule has 0 fully saturated rings. The van der Waals surface area contributed by atoms with Gasteiger partial charge in [0.2, 0.25) is 5.91 Å². The van der Waals surface area contributed by atoms with E-state index in [0.717, 1.165) is 29.1 Å². The second-order valence-electron chi connectivity index (χ2n) is 7.41. The van der Waals surface area contributed by atoms with Crippen molar-refractivity contribution in [2.24, 2.45) is 5.92 Å². The Bertz CT molecular complexity index is 938. The molecule has 5 heteroatoms. The summed E-state index contributed by atoms with van der Waals surface area (Å²) in [5.41, 5.74) is 3.75. The average molecular weight is 389 g/mol. The minimum atomic E-state index is -0.0348. The van der Waals surface area contributed by atoms with Gasteiger partial charge in [0.25, 0.3) is 0 Å². The molecule has 0 unspecified atom stereocenters. The molecule has 150 valence electrons. The van der Waals surface area contributed by atoms with Crippen LogP contribution in [0, 0.1) is 5.92 Å². The minimum Gasteiger partial charge on any atom is -0.497 e. The van der Waals surface area contributed by atoms with E-state index < -0.39 is 0 Å². The Morgan fingerprint density at radius 1 is 1.03 bits per heavy atom. The molecule has 0 spiro atoms. The molecular formula is C24H27N3O2. The number of hydrogen-bond donors (Lipinski definition) is 1. The van der Waals surface area contributed by atoms with Crippen LogP contribution in [0.4, 0.5) is 5.82 Å². The summed E-state index contributed by atoms with van der Waals surface area (Å²) < 4.78 is 5.23. The highest BCUT2D eigenvalue weighted by Crippen LogP contribution is 2.23. The normalized spacial score (nSPS) is 10.8. The fraction of sp³-hybridized carbons (Fsp3) is 0.292. The average Bonchev–Trinajstić information content (AvgIpc) is 2.73. The van der Waals surface area contributed by atoms with Gasteiger partial charge in [-0.05, 0) is 48.6 Å². The molecule has 0 aliphatic rings. The molecule has 1 amide bonds. The van der Waals surface area contributed by atoms with Crippen LogP contribution in [0.25, 0.3) is 11.3 Å². The minimum absolute atomic E-state index is 0.0348. The number of nitrogens with one attached hydrogen (secondary N) is 1. The van der Waals surface area contributed by atoms with E-state index in [2.05, 4.69) is 22.4 Å². The molecule has 0 atom stereocenters. The van der Waals surface area contributed by atoms with Crippen LogP contribution in [0.5, 0.6) is 5.75 Å². The number of amides is 1. The zero-order chi connectivity index (χ0) is 20.6. The van der Waals surface area contributed by atoms with E-state index in [9.17, 15) is 4.79 Å². The molecule has 0 aliphatic carbocycles. The molecule has 0 saturated carbocycles. The predicted octanol–water partition coefficient (Wildman–Crippen LogP) is 4.92. The third kappa shape index (κ3) is 5.88. The standard InChI is InChI=1S/C24H27N3O2/c1-17(2)15-23(28)27-24-21(14-9-18-7-5-4-6-8-18)26-22(16-25-24)19-10-12-20(29-3)13-11-19/h4-8,10-13,16-17H,9,14-15H2,1-3H3,(H,25,27,28). The van der Waals surface area contributed by atoms with Crippen LogP contribution >= 0.6 is 0 Å². The molecular weight excluding hydrogens is 362 g/mol. The summed E-state index contributed by atoms with van der Waals surface area (Å²) in [5, 5.41) is 2.94. The first-order valence-corrected chi connectivity index (χ1v) is 9.89. The van der Waals surface area contributed by atoms with E-state index in [1.807, 2.05) is 56.3 Å². The van der Waals surface area contributed by atoms with Gasteiger partial charge in [-0.25, -0.2) is 9.97 Å². The first kappa shape index (κ1) is 20.5. The molecule has 1 aromatic heterocycles. The van der Waals surface area contributed by atoms with Crippen LogP contribution in [0.3, 0.4) is 0 Å². The maximum Gasteiger partial charge on any atom is 0.225 e. The van der Waals surface area contributed by atoms with Gasteiger partial charge < -0.3 is 10.1 Å². The van der Waals surface area contributed by atoms with Crippen molar-refractivity contribution in [1.82, 2.24) is 9.97 Å². The van der Waals surface area contributed by atoms with Gasteiger partial charge in [-0.2, -0.15) is 0 Å². The van der Waals surface area contributed by atoms with Gasteiger partial charge in [0.15, 0.2) is 5.82 Å². The SMILES string of the molecule is COc1ccc(-c2cnc(NC(=O)CC(C)C)c(CCc3ccccc3)n2)cc1. The van der Waals surface area contributed by atoms with E-state index in [-0.39, 0.29) is 11.8 Å². The number of rotatable bonds is 8. The van der Waals surface area contributed by atoms with E-state index in [4.69, 9.17) is 9.72 Å². The number of methoxy groups -OCH3 is 1. The number of aromatic nitrogens is 2. The highest BCUT2D eigenvalue weighted by atomic mass is 16.5. The van der Waals surface area contributed by atoms with Crippen molar-refractivity contribution in [3.63, 3.8) is 0 Å². The van der Waals surface area contributed by atoms with Gasteiger partial charge in [-0.1, -0.05) is 44.2 Å². The highest BCUT2D eigenvalue weighted by Gasteiger charge is 2.13. The summed E-state index contributed by atoms with van der Waals surface area (Å²) in [6, 6.07) is 18.0. The lowest BCUT2D eigenvalue weighted by molar-refractivity contribution is -0.116. The predicted molar refractivity (Wildman–Crippen MR) is 116 cm³/mol. The Balaban J connectivity index is 1.86. The first-order chi connectivity index (χ1) is 14.0. The van der Waals surface area contributed by atoms with Gasteiger partial charge in [0, 0.05) is 12.0 Å². The maximum atomic E-state index is 12.3. The van der Waals surface area contributed by atoms with Crippen molar-refractivity contribution < 1.29 is 9.53 Å². The first-order valence-electron chi connectivity index (χ1n) is 9.89. The number of carbonyl (C=O) groups is 1. The number of carbonyl (C=O) groups excluding carboxylic acids is 1. The Morgan fingerprint density at radius 3 is 2.41 bits per heavy atom. The van der Waals surface area contributed by atoms with Crippen molar-refractivity contribution in [3.8, 4) is 17.0 Å². The van der Waals surface area contributed by atoms with Crippen LogP contribution in [-0.4, -0.2) is 23.0 Å². The molecule has 0 saturated heterocycles. The Kier molecular flexibility index (Phi) is 6.95. The van der Waals surface area contributed by atoms with Crippen molar-refractivity contribution in [1.29, 1.82) is 0 Å². The summed E-state index contributed by atoms with van der Waals surface area (Å²) in [6.45, 7) is 4.04. The van der Waals surface area contributed by atoms with Crippen LogP contribution in [0.15, 0.2) is 60.8 Å². The Labute approximate surface area is 172 Å². The van der Waals surface area contributed by atoms with Crippen molar-refractivity contribution >= 4 is 11.7 Å². The summed E-state index contributed by atoms with van der Waals surface area (Å²) in [4.78, 5) is 21.6. The summed E-state index contributed by atoms with van der Waals surface area (Å²) >= 11 is 0. The Hall–Kier alpha value is -3.21. The van der Waals surface area contributed by atoms with Crippen LogP contribution < -0.4 is 10.1 Å². The molecule has 0 aliphatic heterocycles. The highest BCUT2D eigenvalue weighted by molar-refractivity contribution is 5.90. The van der Waals surface area contributed by atoms with Crippen LogP contribution in [0.1, 0.15) is 31.5 Å². The maximum absolute atomic E-state index is 12.3. The smallest absolute Gasteiger partial charge is 0.225 e. The van der Waals surface area contributed by atoms with E-state index in [0.29, 0.717) is 18.7 Å². The molecule has 29 heavy (non-hydrogen) atoms. The third-order valence-electron chi connectivity index (χ3n) is 4.58. The second kappa shape index (κ2) is 9.82. The zero-order valence-electron chi connectivity index (χ0n) is 17.2. The number of nitrogens with zero attached hydrogens (tertiary/aromatic N) is 2. The molecule has 5 nitrogen and oxygen atoms in total. The molecule has 1 heterocycles. The monoisotopic (exact) mass is 389 g/mol. The number of benzene rings is 2. The largest absolute Gasteiger partial charge is 0.497 e. The number of hydrogen-bond acceptors (Lipinski definition) is 4. The van der Waals surface area contributed by atoms with E-state index >= 15 is 0 Å². The van der Waals surface area contributed by atoms with E-state index in [1.54, 1.807) is 13.3 Å². The number of ether oxygens (including phenoxy) is 1. The van der Waals surface area contributed by atoms with Crippen LogP contribution in [-0.2, 0) is 17.6 Å². The molecule has 2 aromatic carbocycles. The zero-order valence-corrected chi connectivity index (χ0v) is 17.2. The Morgan fingerprint density at radius 2 is 1.76 bits per heavy atom. The molecule has 3 aromatic rings. The van der Waals surface area contributed by atoms with Gasteiger partial charge in [-0.15, -0.1) is 0 Å². The topological polar surface area (TPSA) is 64.1 Å². The molecule has 1 N–H and O–H groups in total. The third-order valence-corrected chi connectivity index (χ3v) is 4.58. The van der Waals surface area contributed by atoms with Crippen molar-refractivity contribution in [2.75, 3.05) is 12.4 Å². The van der Waals surface area contributed by atoms with Crippen molar-refractivity contribution in [3.05, 3.63) is 72.1 Å². The van der Waals surface area contributed by atoms with Gasteiger partial charge in [0.05, 0.1) is 24.7 Å². The van der Waals surface area contributed by atoms with Gasteiger partial charge in [0.1, 0.15) is 5.75 Å². The fourth-order valence-electron chi connectivity index (χ4n) is 3.07. The number of aryl methyl sites for hydroxylation is 2. The fourth-order valence-corrected chi connectivity index (χ4v) is 3.07. The van der Waals surface area contributed by atoms with E-state index in [1.165, 1.54) is 5.56 Å². The lowest BCUT2D eigenvalue weighted by Crippen LogP contribution is -2.17. The van der Waals surface area contributed by atoms with Gasteiger partial charge in [-0.3, -0.25) is 4.79 Å². The lowest BCUT2D eigenvalue weighted by atomic mass is 10.1. The summed E-state index contributed by atoms with van der Waals surface area (Å²) in [5.74, 6) is 1.59. The van der Waals surface area contributed by atoms with Crippen molar-refractivity contribution in [2.45, 2.75) is 33.1 Å². The van der Waals surface area contributed by atoms with Gasteiger partial charge >= 0.3 is 0 Å². The summed E-state index contributed by atoms with van der Waals surface area (Å²) in [7, 11) is 1.64. The second-order valence-corrected chi connectivity index (χ2v) is 7.41. The quantitative estimate of drug-likeness (QED) is 0.594. The number of anilines is 1. The lowest BCUT2D eigenvalue weighted by Gasteiger charge is -2.12. The van der Waals surface area contributed by atoms with Crippen LogP contribution in [0.2, 0.25) is 0 Å².